The first-order valence-corrected chi connectivity index (χ1v) is 8.13. The maximum absolute atomic E-state index is 12.3. The Hall–Kier alpha value is -1.26. The molecule has 1 aromatic carbocycles. The van der Waals surface area contributed by atoms with Gasteiger partial charge in [0.25, 0.3) is 0 Å². The lowest BCUT2D eigenvalue weighted by molar-refractivity contribution is -0.135. The zero-order chi connectivity index (χ0) is 16.3. The molecule has 0 saturated heterocycles. The Kier molecular flexibility index (Phi) is 5.35. The Morgan fingerprint density at radius 2 is 2.00 bits per heavy atom. The maximum Gasteiger partial charge on any atom is 0.244 e. The van der Waals surface area contributed by atoms with E-state index in [4.69, 9.17) is 23.2 Å². The number of nitrogens with zero attached hydrogens (tertiary/aromatic N) is 1. The fourth-order valence-corrected chi connectivity index (χ4v) is 2.81. The molecular weight excluding hydrogens is 323 g/mol. The van der Waals surface area contributed by atoms with E-state index in [9.17, 15) is 9.59 Å². The van der Waals surface area contributed by atoms with Crippen LogP contribution in [0.3, 0.4) is 0 Å². The summed E-state index contributed by atoms with van der Waals surface area (Å²) in [6.07, 6.45) is 1.22. The van der Waals surface area contributed by atoms with Gasteiger partial charge in [0.05, 0.1) is 12.5 Å². The molecule has 1 aliphatic rings. The second-order valence-electron chi connectivity index (χ2n) is 5.64. The van der Waals surface area contributed by atoms with Gasteiger partial charge in [0.2, 0.25) is 11.8 Å². The molecular formula is C16H20Cl2N2O2. The van der Waals surface area contributed by atoms with Crippen LogP contribution in [0.25, 0.3) is 0 Å². The zero-order valence-electron chi connectivity index (χ0n) is 12.7. The van der Waals surface area contributed by atoms with E-state index in [1.54, 1.807) is 0 Å². The summed E-state index contributed by atoms with van der Waals surface area (Å²) >= 11 is 11.9. The first-order valence-electron chi connectivity index (χ1n) is 7.37. The van der Waals surface area contributed by atoms with E-state index in [0.29, 0.717) is 13.0 Å². The summed E-state index contributed by atoms with van der Waals surface area (Å²) in [6, 6.07) is 7.52. The van der Waals surface area contributed by atoms with Crippen LogP contribution in [0.1, 0.15) is 25.3 Å². The van der Waals surface area contributed by atoms with Crippen LogP contribution in [0.2, 0.25) is 0 Å². The summed E-state index contributed by atoms with van der Waals surface area (Å²) in [7, 11) is 0. The second kappa shape index (κ2) is 6.88. The smallest absolute Gasteiger partial charge is 0.244 e. The van der Waals surface area contributed by atoms with Crippen molar-refractivity contribution >= 4 is 40.7 Å². The lowest BCUT2D eigenvalue weighted by Gasteiger charge is -2.22. The summed E-state index contributed by atoms with van der Waals surface area (Å²) < 4.78 is -0.963. The Labute approximate surface area is 140 Å². The minimum absolute atomic E-state index is 0.0152. The number of rotatable bonds is 6. The lowest BCUT2D eigenvalue weighted by Crippen LogP contribution is -2.40. The molecule has 0 aliphatic heterocycles. The molecule has 1 saturated carbocycles. The number of benzene rings is 1. The molecule has 2 amide bonds. The van der Waals surface area contributed by atoms with Crippen molar-refractivity contribution in [3.05, 3.63) is 29.8 Å². The summed E-state index contributed by atoms with van der Waals surface area (Å²) in [6.45, 7) is 4.41. The SMILES string of the molecule is CCCN(CC(=O)Nc1ccccc1C)C(=O)C1CC1(Cl)Cl. The van der Waals surface area contributed by atoms with E-state index in [-0.39, 0.29) is 18.4 Å². The number of alkyl halides is 2. The van der Waals surface area contributed by atoms with E-state index in [0.717, 1.165) is 17.7 Å². The third-order valence-electron chi connectivity index (χ3n) is 3.68. The van der Waals surface area contributed by atoms with Crippen molar-refractivity contribution in [1.29, 1.82) is 0 Å². The van der Waals surface area contributed by atoms with E-state index in [2.05, 4.69) is 5.32 Å². The van der Waals surface area contributed by atoms with E-state index in [1.807, 2.05) is 38.1 Å². The van der Waals surface area contributed by atoms with Crippen LogP contribution in [0.5, 0.6) is 0 Å². The van der Waals surface area contributed by atoms with Crippen LogP contribution >= 0.6 is 23.2 Å². The van der Waals surface area contributed by atoms with Crippen molar-refractivity contribution in [2.75, 3.05) is 18.4 Å². The van der Waals surface area contributed by atoms with Crippen LogP contribution in [0.4, 0.5) is 5.69 Å². The molecule has 120 valence electrons. The van der Waals surface area contributed by atoms with Gasteiger partial charge >= 0.3 is 0 Å². The van der Waals surface area contributed by atoms with Gasteiger partial charge in [-0.1, -0.05) is 25.1 Å². The van der Waals surface area contributed by atoms with Gasteiger partial charge in [-0.25, -0.2) is 0 Å². The monoisotopic (exact) mass is 342 g/mol. The van der Waals surface area contributed by atoms with Crippen molar-refractivity contribution in [1.82, 2.24) is 4.90 Å². The summed E-state index contributed by atoms with van der Waals surface area (Å²) in [5.41, 5.74) is 1.73. The minimum atomic E-state index is -0.963. The Balaban J connectivity index is 1.97. The zero-order valence-corrected chi connectivity index (χ0v) is 14.2. The van der Waals surface area contributed by atoms with Gasteiger partial charge in [-0.05, 0) is 31.4 Å². The molecule has 1 atom stereocenters. The Morgan fingerprint density at radius 3 is 2.55 bits per heavy atom. The number of anilines is 1. The average molecular weight is 343 g/mol. The minimum Gasteiger partial charge on any atom is -0.333 e. The highest BCUT2D eigenvalue weighted by atomic mass is 35.5. The lowest BCUT2D eigenvalue weighted by atomic mass is 10.2. The predicted octanol–water partition coefficient (Wildman–Crippen LogP) is 3.37. The van der Waals surface area contributed by atoms with Crippen molar-refractivity contribution < 1.29 is 9.59 Å². The normalized spacial score (nSPS) is 18.6. The highest BCUT2D eigenvalue weighted by Gasteiger charge is 2.57. The van der Waals surface area contributed by atoms with Gasteiger partial charge in [-0.3, -0.25) is 9.59 Å². The molecule has 0 heterocycles. The van der Waals surface area contributed by atoms with Crippen molar-refractivity contribution in [2.24, 2.45) is 5.92 Å². The summed E-state index contributed by atoms with van der Waals surface area (Å²) in [5.74, 6) is -0.757. The largest absolute Gasteiger partial charge is 0.333 e. The molecule has 0 radical (unpaired) electrons. The number of carbonyl (C=O) groups excluding carboxylic acids is 2. The van der Waals surface area contributed by atoms with Gasteiger partial charge < -0.3 is 10.2 Å². The molecule has 4 nitrogen and oxygen atoms in total. The van der Waals surface area contributed by atoms with Gasteiger partial charge in [0.15, 0.2) is 0 Å². The molecule has 1 N–H and O–H groups in total. The van der Waals surface area contributed by atoms with Crippen LogP contribution < -0.4 is 5.32 Å². The molecule has 6 heteroatoms. The third-order valence-corrected chi connectivity index (χ3v) is 4.52. The highest BCUT2D eigenvalue weighted by Crippen LogP contribution is 2.53. The van der Waals surface area contributed by atoms with Crippen molar-refractivity contribution in [2.45, 2.75) is 31.0 Å². The van der Waals surface area contributed by atoms with Gasteiger partial charge in [-0.15, -0.1) is 23.2 Å². The molecule has 1 unspecified atom stereocenters. The quantitative estimate of drug-likeness (QED) is 0.805. The number of hydrogen-bond donors (Lipinski definition) is 1. The topological polar surface area (TPSA) is 49.4 Å². The van der Waals surface area contributed by atoms with Crippen molar-refractivity contribution in [3.63, 3.8) is 0 Å². The molecule has 1 aromatic rings. The van der Waals surface area contributed by atoms with E-state index >= 15 is 0 Å². The number of halogens is 2. The molecule has 2 rings (SSSR count). The fraction of sp³-hybridized carbons (Fsp3) is 0.500. The molecule has 0 aromatic heterocycles. The summed E-state index contributed by atoms with van der Waals surface area (Å²) in [5, 5.41) is 2.84. The fourth-order valence-electron chi connectivity index (χ4n) is 2.31. The summed E-state index contributed by atoms with van der Waals surface area (Å²) in [4.78, 5) is 26.1. The molecule has 1 fully saturated rings. The van der Waals surface area contributed by atoms with Crippen LogP contribution in [-0.2, 0) is 9.59 Å². The van der Waals surface area contributed by atoms with Gasteiger partial charge in [0, 0.05) is 12.2 Å². The van der Waals surface area contributed by atoms with Crippen LogP contribution in [0, 0.1) is 12.8 Å². The molecule has 0 bridgehead atoms. The highest BCUT2D eigenvalue weighted by molar-refractivity contribution is 6.52. The molecule has 22 heavy (non-hydrogen) atoms. The van der Waals surface area contributed by atoms with Gasteiger partial charge in [-0.2, -0.15) is 0 Å². The molecule has 1 aliphatic carbocycles. The number of para-hydroxylation sites is 1. The maximum atomic E-state index is 12.3. The van der Waals surface area contributed by atoms with Crippen LogP contribution in [0.15, 0.2) is 24.3 Å². The standard InChI is InChI=1S/C16H20Cl2N2O2/c1-3-8-20(15(22)12-9-16(12,17)18)10-14(21)19-13-7-5-4-6-11(13)2/h4-7,12H,3,8-10H2,1-2H3,(H,19,21). The molecule has 0 spiro atoms. The van der Waals surface area contributed by atoms with Gasteiger partial charge in [0.1, 0.15) is 4.33 Å². The first-order chi connectivity index (χ1) is 10.3. The number of carbonyl (C=O) groups is 2. The van der Waals surface area contributed by atoms with E-state index < -0.39 is 10.3 Å². The van der Waals surface area contributed by atoms with Crippen molar-refractivity contribution in [3.8, 4) is 0 Å². The van der Waals surface area contributed by atoms with Crippen LogP contribution in [-0.4, -0.2) is 34.1 Å². The number of hydrogen-bond acceptors (Lipinski definition) is 2. The van der Waals surface area contributed by atoms with E-state index in [1.165, 1.54) is 4.90 Å². The average Bonchev–Trinajstić information content (AvgIpc) is 3.09. The Bertz CT molecular complexity index is 575. The predicted molar refractivity (Wildman–Crippen MR) is 89.2 cm³/mol. The first kappa shape index (κ1) is 17.1. The number of aryl methyl sites for hydroxylation is 1. The Morgan fingerprint density at radius 1 is 1.36 bits per heavy atom. The second-order valence-corrected chi connectivity index (χ2v) is 7.18. The third kappa shape index (κ3) is 4.14. The number of amides is 2. The number of nitrogens with one attached hydrogen (secondary N) is 1.